The quantitative estimate of drug-likeness (QED) is 0.720. The van der Waals surface area contributed by atoms with Gasteiger partial charge in [-0.25, -0.2) is 0 Å². The fraction of sp³-hybridized carbons (Fsp3) is 0.316. The predicted molar refractivity (Wildman–Crippen MR) is 90.7 cm³/mol. The number of carbonyl (C=O) groups excluding carboxylic acids is 1. The van der Waals surface area contributed by atoms with Gasteiger partial charge in [0.15, 0.2) is 5.76 Å². The summed E-state index contributed by atoms with van der Waals surface area (Å²) in [6, 6.07) is 12.8. The second kappa shape index (κ2) is 6.93. The molecule has 6 nitrogen and oxygen atoms in total. The summed E-state index contributed by atoms with van der Waals surface area (Å²) >= 11 is 0. The van der Waals surface area contributed by atoms with Crippen LogP contribution < -0.4 is 0 Å². The van der Waals surface area contributed by atoms with Crippen molar-refractivity contribution in [1.82, 2.24) is 15.1 Å². The number of furan rings is 1. The Morgan fingerprint density at radius 2 is 1.92 bits per heavy atom. The van der Waals surface area contributed by atoms with Crippen molar-refractivity contribution in [3.63, 3.8) is 0 Å². The van der Waals surface area contributed by atoms with Gasteiger partial charge < -0.3 is 13.7 Å². The largest absolute Gasteiger partial charge is 0.459 e. The summed E-state index contributed by atoms with van der Waals surface area (Å²) in [4.78, 5) is 14.6. The summed E-state index contributed by atoms with van der Waals surface area (Å²) in [5.41, 5.74) is 0.874. The van der Waals surface area contributed by atoms with Gasteiger partial charge in [0.1, 0.15) is 6.04 Å². The smallest absolute Gasteiger partial charge is 0.290 e. The zero-order chi connectivity index (χ0) is 17.1. The van der Waals surface area contributed by atoms with E-state index in [0.717, 1.165) is 31.2 Å². The highest BCUT2D eigenvalue weighted by atomic mass is 16.4. The van der Waals surface area contributed by atoms with Crippen molar-refractivity contribution in [2.75, 3.05) is 6.54 Å². The van der Waals surface area contributed by atoms with Gasteiger partial charge >= 0.3 is 0 Å². The standard InChI is InChI=1S/C19H19N3O3/c23-19(16-11-7-13-24-16)22-12-6-2-5-10-15(22)18-21-20-17(25-18)14-8-3-1-4-9-14/h1,3-4,7-9,11,13,15H,2,5-6,10,12H2. The van der Waals surface area contributed by atoms with Crippen LogP contribution in [-0.2, 0) is 0 Å². The SMILES string of the molecule is O=C(c1ccco1)N1CCCCCC1c1nnc(-c2ccccc2)o1. The van der Waals surface area contributed by atoms with Crippen molar-refractivity contribution in [3.8, 4) is 11.5 Å². The number of amides is 1. The first kappa shape index (κ1) is 15.6. The van der Waals surface area contributed by atoms with Crippen molar-refractivity contribution in [2.45, 2.75) is 31.7 Å². The number of nitrogens with zero attached hydrogens (tertiary/aromatic N) is 3. The van der Waals surface area contributed by atoms with Gasteiger partial charge in [-0.05, 0) is 37.1 Å². The molecule has 1 atom stereocenters. The lowest BCUT2D eigenvalue weighted by Gasteiger charge is -2.26. The monoisotopic (exact) mass is 337 g/mol. The molecule has 0 saturated carbocycles. The second-order valence-corrected chi connectivity index (χ2v) is 6.15. The highest BCUT2D eigenvalue weighted by molar-refractivity contribution is 5.91. The molecule has 1 unspecified atom stereocenters. The molecule has 2 aromatic heterocycles. The summed E-state index contributed by atoms with van der Waals surface area (Å²) in [7, 11) is 0. The summed E-state index contributed by atoms with van der Waals surface area (Å²) in [5, 5.41) is 8.40. The van der Waals surface area contributed by atoms with Gasteiger partial charge in [0.25, 0.3) is 5.91 Å². The van der Waals surface area contributed by atoms with E-state index in [1.165, 1.54) is 6.26 Å². The molecule has 1 aliphatic rings. The Labute approximate surface area is 145 Å². The number of hydrogen-bond donors (Lipinski definition) is 0. The van der Waals surface area contributed by atoms with Crippen molar-refractivity contribution in [1.29, 1.82) is 0 Å². The van der Waals surface area contributed by atoms with E-state index in [9.17, 15) is 4.79 Å². The summed E-state index contributed by atoms with van der Waals surface area (Å²) in [6.07, 6.45) is 5.39. The van der Waals surface area contributed by atoms with E-state index < -0.39 is 0 Å². The highest BCUT2D eigenvalue weighted by Gasteiger charge is 2.32. The van der Waals surface area contributed by atoms with Gasteiger partial charge in [-0.2, -0.15) is 0 Å². The molecule has 0 spiro atoms. The maximum atomic E-state index is 12.8. The van der Waals surface area contributed by atoms with Crippen LogP contribution >= 0.6 is 0 Å². The Bertz CT molecular complexity index is 827. The molecule has 1 aromatic carbocycles. The van der Waals surface area contributed by atoms with Crippen molar-refractivity contribution < 1.29 is 13.6 Å². The molecule has 0 radical (unpaired) electrons. The van der Waals surface area contributed by atoms with Gasteiger partial charge in [0.05, 0.1) is 6.26 Å². The minimum Gasteiger partial charge on any atom is -0.459 e. The van der Waals surface area contributed by atoms with Crippen molar-refractivity contribution in [2.24, 2.45) is 0 Å². The maximum absolute atomic E-state index is 12.8. The number of likely N-dealkylation sites (tertiary alicyclic amines) is 1. The molecule has 1 saturated heterocycles. The first-order chi connectivity index (χ1) is 12.3. The Morgan fingerprint density at radius 3 is 2.72 bits per heavy atom. The minimum absolute atomic E-state index is 0.128. The Morgan fingerprint density at radius 1 is 1.04 bits per heavy atom. The fourth-order valence-electron chi connectivity index (χ4n) is 3.22. The van der Waals surface area contributed by atoms with Gasteiger partial charge in [0.2, 0.25) is 11.8 Å². The second-order valence-electron chi connectivity index (χ2n) is 6.15. The van der Waals surface area contributed by atoms with E-state index in [2.05, 4.69) is 10.2 Å². The molecule has 3 heterocycles. The van der Waals surface area contributed by atoms with E-state index in [-0.39, 0.29) is 11.9 Å². The molecule has 0 bridgehead atoms. The summed E-state index contributed by atoms with van der Waals surface area (Å²) < 4.78 is 11.2. The first-order valence-corrected chi connectivity index (χ1v) is 8.56. The molecular formula is C19H19N3O3. The number of benzene rings is 1. The van der Waals surface area contributed by atoms with Crippen LogP contribution in [0.4, 0.5) is 0 Å². The topological polar surface area (TPSA) is 72.4 Å². The Balaban J connectivity index is 1.64. The van der Waals surface area contributed by atoms with Crippen LogP contribution in [0.15, 0.2) is 57.6 Å². The zero-order valence-electron chi connectivity index (χ0n) is 13.8. The lowest BCUT2D eigenvalue weighted by molar-refractivity contribution is 0.0620. The Kier molecular flexibility index (Phi) is 4.33. The summed E-state index contributed by atoms with van der Waals surface area (Å²) in [5.74, 6) is 1.18. The average Bonchev–Trinajstić information content (AvgIpc) is 3.30. The van der Waals surface area contributed by atoms with Gasteiger partial charge in [-0.3, -0.25) is 4.79 Å². The van der Waals surface area contributed by atoms with E-state index in [1.807, 2.05) is 30.3 Å². The van der Waals surface area contributed by atoms with Crippen LogP contribution in [0, 0.1) is 0 Å². The lowest BCUT2D eigenvalue weighted by atomic mass is 10.1. The lowest BCUT2D eigenvalue weighted by Crippen LogP contribution is -2.34. The van der Waals surface area contributed by atoms with E-state index >= 15 is 0 Å². The Hall–Kier alpha value is -2.89. The van der Waals surface area contributed by atoms with E-state index in [4.69, 9.17) is 8.83 Å². The van der Waals surface area contributed by atoms with Crippen LogP contribution in [0.1, 0.15) is 48.2 Å². The minimum atomic E-state index is -0.218. The molecule has 6 heteroatoms. The molecule has 3 aromatic rings. The summed E-state index contributed by atoms with van der Waals surface area (Å²) in [6.45, 7) is 0.660. The van der Waals surface area contributed by atoms with Crippen molar-refractivity contribution in [3.05, 3.63) is 60.4 Å². The molecular weight excluding hydrogens is 318 g/mol. The number of rotatable bonds is 3. The van der Waals surface area contributed by atoms with Crippen LogP contribution in [0.25, 0.3) is 11.5 Å². The zero-order valence-corrected chi connectivity index (χ0v) is 13.8. The fourth-order valence-corrected chi connectivity index (χ4v) is 3.22. The number of hydrogen-bond acceptors (Lipinski definition) is 5. The number of aromatic nitrogens is 2. The highest BCUT2D eigenvalue weighted by Crippen LogP contribution is 2.32. The third-order valence-corrected chi connectivity index (χ3v) is 4.49. The van der Waals surface area contributed by atoms with E-state index in [1.54, 1.807) is 17.0 Å². The van der Waals surface area contributed by atoms with E-state index in [0.29, 0.717) is 24.1 Å². The van der Waals surface area contributed by atoms with Gasteiger partial charge in [-0.15, -0.1) is 10.2 Å². The molecule has 0 N–H and O–H groups in total. The van der Waals surface area contributed by atoms with Crippen LogP contribution in [0.2, 0.25) is 0 Å². The predicted octanol–water partition coefficient (Wildman–Crippen LogP) is 4.09. The van der Waals surface area contributed by atoms with Gasteiger partial charge in [-0.1, -0.05) is 31.0 Å². The third kappa shape index (κ3) is 3.20. The van der Waals surface area contributed by atoms with Crippen LogP contribution in [-0.4, -0.2) is 27.5 Å². The molecule has 4 rings (SSSR count). The maximum Gasteiger partial charge on any atom is 0.290 e. The molecule has 128 valence electrons. The van der Waals surface area contributed by atoms with Crippen LogP contribution in [0.5, 0.6) is 0 Å². The van der Waals surface area contributed by atoms with Crippen LogP contribution in [0.3, 0.4) is 0 Å². The molecule has 1 amide bonds. The molecule has 0 aliphatic carbocycles. The molecule has 1 fully saturated rings. The first-order valence-electron chi connectivity index (χ1n) is 8.56. The molecule has 25 heavy (non-hydrogen) atoms. The normalized spacial score (nSPS) is 18.1. The third-order valence-electron chi connectivity index (χ3n) is 4.49. The average molecular weight is 337 g/mol. The number of carbonyl (C=O) groups is 1. The molecule has 1 aliphatic heterocycles. The van der Waals surface area contributed by atoms with Crippen molar-refractivity contribution >= 4 is 5.91 Å². The van der Waals surface area contributed by atoms with Gasteiger partial charge in [0, 0.05) is 12.1 Å².